The van der Waals surface area contributed by atoms with Gasteiger partial charge in [0.2, 0.25) is 0 Å². The van der Waals surface area contributed by atoms with Crippen LogP contribution in [0.2, 0.25) is 0 Å². The van der Waals surface area contributed by atoms with E-state index in [1.165, 1.54) is 5.56 Å². The summed E-state index contributed by atoms with van der Waals surface area (Å²) in [5.74, 6) is -0.377. The van der Waals surface area contributed by atoms with Crippen LogP contribution >= 0.6 is 0 Å². The van der Waals surface area contributed by atoms with Gasteiger partial charge in [-0.05, 0) is 25.0 Å². The van der Waals surface area contributed by atoms with Gasteiger partial charge in [-0.2, -0.15) is 0 Å². The topological polar surface area (TPSA) is 55.0 Å². The lowest BCUT2D eigenvalue weighted by Crippen LogP contribution is -2.07. The van der Waals surface area contributed by atoms with E-state index >= 15 is 0 Å². The molecule has 0 aliphatic rings. The van der Waals surface area contributed by atoms with Crippen LogP contribution in [0.25, 0.3) is 10.9 Å². The van der Waals surface area contributed by atoms with Crippen LogP contribution < -0.4 is 0 Å². The lowest BCUT2D eigenvalue weighted by atomic mass is 10.1. The van der Waals surface area contributed by atoms with Crippen molar-refractivity contribution in [3.63, 3.8) is 0 Å². The number of hydrogen-bond donors (Lipinski definition) is 1. The van der Waals surface area contributed by atoms with E-state index in [0.29, 0.717) is 12.3 Å². The molecular formula is C12H14N2O2. The second kappa shape index (κ2) is 4.35. The minimum Gasteiger partial charge on any atom is -0.461 e. The Morgan fingerprint density at radius 1 is 1.50 bits per heavy atom. The zero-order chi connectivity index (χ0) is 11.5. The lowest BCUT2D eigenvalue weighted by Gasteiger charge is -2.02. The second-order valence-corrected chi connectivity index (χ2v) is 3.47. The first-order valence-corrected chi connectivity index (χ1v) is 5.40. The zero-order valence-electron chi connectivity index (χ0n) is 9.41. The highest BCUT2D eigenvalue weighted by atomic mass is 16.5. The minimum absolute atomic E-state index is 0.359. The van der Waals surface area contributed by atoms with E-state index in [2.05, 4.69) is 16.9 Å². The highest BCUT2D eigenvalue weighted by Crippen LogP contribution is 2.20. The molecule has 0 atom stereocenters. The molecule has 0 bridgehead atoms. The number of nitrogens with one attached hydrogen (secondary N) is 1. The fourth-order valence-corrected chi connectivity index (χ4v) is 1.76. The van der Waals surface area contributed by atoms with Gasteiger partial charge in [0.05, 0.1) is 12.1 Å². The fraction of sp³-hybridized carbons (Fsp3) is 0.333. The van der Waals surface area contributed by atoms with Crippen LogP contribution in [0.3, 0.4) is 0 Å². The molecule has 0 unspecified atom stereocenters. The predicted molar refractivity (Wildman–Crippen MR) is 61.4 cm³/mol. The molecule has 0 radical (unpaired) electrons. The third-order valence-corrected chi connectivity index (χ3v) is 2.54. The molecular weight excluding hydrogens is 204 g/mol. The molecule has 2 aromatic heterocycles. The van der Waals surface area contributed by atoms with Crippen molar-refractivity contribution >= 4 is 16.9 Å². The standard InChI is InChI=1S/C12H14N2O2/c1-3-8-7-14-10-9(8)5-6-13-11(10)12(15)16-4-2/h5-7,14H,3-4H2,1-2H3. The number of aromatic amines is 1. The van der Waals surface area contributed by atoms with Gasteiger partial charge in [-0.25, -0.2) is 9.78 Å². The van der Waals surface area contributed by atoms with Crippen LogP contribution in [-0.4, -0.2) is 22.5 Å². The first kappa shape index (κ1) is 10.7. The van der Waals surface area contributed by atoms with Gasteiger partial charge < -0.3 is 9.72 Å². The van der Waals surface area contributed by atoms with Crippen LogP contribution in [0.5, 0.6) is 0 Å². The molecule has 2 heterocycles. The summed E-state index contributed by atoms with van der Waals surface area (Å²) in [5.41, 5.74) is 2.31. The Balaban J connectivity index is 2.54. The third kappa shape index (κ3) is 1.66. The summed E-state index contributed by atoms with van der Waals surface area (Å²) in [7, 11) is 0. The summed E-state index contributed by atoms with van der Waals surface area (Å²) >= 11 is 0. The first-order valence-electron chi connectivity index (χ1n) is 5.40. The van der Waals surface area contributed by atoms with Crippen molar-refractivity contribution in [2.45, 2.75) is 20.3 Å². The van der Waals surface area contributed by atoms with Gasteiger partial charge in [0.15, 0.2) is 5.69 Å². The van der Waals surface area contributed by atoms with Gasteiger partial charge in [0.25, 0.3) is 0 Å². The number of pyridine rings is 1. The highest BCUT2D eigenvalue weighted by Gasteiger charge is 2.14. The van der Waals surface area contributed by atoms with Crippen LogP contribution in [0.15, 0.2) is 18.5 Å². The van der Waals surface area contributed by atoms with E-state index in [-0.39, 0.29) is 5.97 Å². The normalized spacial score (nSPS) is 10.6. The van der Waals surface area contributed by atoms with Crippen LogP contribution in [0, 0.1) is 0 Å². The number of nitrogens with zero attached hydrogens (tertiary/aromatic N) is 1. The van der Waals surface area contributed by atoms with Gasteiger partial charge in [-0.15, -0.1) is 0 Å². The van der Waals surface area contributed by atoms with Gasteiger partial charge in [0.1, 0.15) is 0 Å². The van der Waals surface area contributed by atoms with Crippen LogP contribution in [-0.2, 0) is 11.2 Å². The van der Waals surface area contributed by atoms with Crippen molar-refractivity contribution < 1.29 is 9.53 Å². The molecule has 0 saturated heterocycles. The molecule has 2 aromatic rings. The van der Waals surface area contributed by atoms with Crippen molar-refractivity contribution in [2.24, 2.45) is 0 Å². The number of hydrogen-bond acceptors (Lipinski definition) is 3. The minimum atomic E-state index is -0.377. The zero-order valence-corrected chi connectivity index (χ0v) is 9.41. The summed E-state index contributed by atoms with van der Waals surface area (Å²) in [6.45, 7) is 4.22. The SMILES string of the molecule is CCOC(=O)c1nccc2c(CC)c[nH]c12. The van der Waals surface area contributed by atoms with Crippen LogP contribution in [0.1, 0.15) is 29.9 Å². The molecule has 0 aliphatic heterocycles. The number of H-pyrrole nitrogens is 1. The third-order valence-electron chi connectivity index (χ3n) is 2.54. The number of fused-ring (bicyclic) bond motifs is 1. The van der Waals surface area contributed by atoms with E-state index < -0.39 is 0 Å². The summed E-state index contributed by atoms with van der Waals surface area (Å²) in [4.78, 5) is 18.8. The Hall–Kier alpha value is -1.84. The number of aryl methyl sites for hydroxylation is 1. The van der Waals surface area contributed by atoms with Crippen LogP contribution in [0.4, 0.5) is 0 Å². The molecule has 84 valence electrons. The average molecular weight is 218 g/mol. The molecule has 0 fully saturated rings. The molecule has 0 saturated carbocycles. The highest BCUT2D eigenvalue weighted by molar-refractivity contribution is 6.01. The van der Waals surface area contributed by atoms with Crippen molar-refractivity contribution in [2.75, 3.05) is 6.61 Å². The second-order valence-electron chi connectivity index (χ2n) is 3.47. The molecule has 0 aromatic carbocycles. The molecule has 0 aliphatic carbocycles. The Morgan fingerprint density at radius 3 is 3.00 bits per heavy atom. The van der Waals surface area contributed by atoms with E-state index in [1.807, 2.05) is 12.3 Å². The smallest absolute Gasteiger partial charge is 0.359 e. The van der Waals surface area contributed by atoms with Gasteiger partial charge in [0, 0.05) is 17.8 Å². The Morgan fingerprint density at radius 2 is 2.31 bits per heavy atom. The number of esters is 1. The quantitative estimate of drug-likeness (QED) is 0.804. The number of rotatable bonds is 3. The molecule has 16 heavy (non-hydrogen) atoms. The molecule has 0 amide bonds. The van der Waals surface area contributed by atoms with Gasteiger partial charge in [-0.3, -0.25) is 0 Å². The first-order chi connectivity index (χ1) is 7.77. The monoisotopic (exact) mass is 218 g/mol. The van der Waals surface area contributed by atoms with Gasteiger partial charge >= 0.3 is 5.97 Å². The van der Waals surface area contributed by atoms with Crippen molar-refractivity contribution in [1.29, 1.82) is 0 Å². The summed E-state index contributed by atoms with van der Waals surface area (Å²) in [6, 6.07) is 1.91. The van der Waals surface area contributed by atoms with E-state index in [1.54, 1.807) is 13.1 Å². The van der Waals surface area contributed by atoms with E-state index in [0.717, 1.165) is 17.3 Å². The average Bonchev–Trinajstić information content (AvgIpc) is 2.71. The molecule has 0 spiro atoms. The number of ether oxygens (including phenoxy) is 1. The number of aromatic nitrogens is 2. The summed E-state index contributed by atoms with van der Waals surface area (Å²) in [6.07, 6.45) is 4.48. The maximum atomic E-state index is 11.7. The molecule has 1 N–H and O–H groups in total. The maximum absolute atomic E-state index is 11.7. The van der Waals surface area contributed by atoms with E-state index in [4.69, 9.17) is 4.74 Å². The lowest BCUT2D eigenvalue weighted by molar-refractivity contribution is 0.0522. The predicted octanol–water partition coefficient (Wildman–Crippen LogP) is 2.30. The van der Waals surface area contributed by atoms with E-state index in [9.17, 15) is 4.79 Å². The Kier molecular flexibility index (Phi) is 2.90. The Bertz CT molecular complexity index is 517. The van der Waals surface area contributed by atoms with Crippen molar-refractivity contribution in [3.05, 3.63) is 29.7 Å². The summed E-state index contributed by atoms with van der Waals surface area (Å²) in [5, 5.41) is 1.04. The molecule has 4 nitrogen and oxygen atoms in total. The number of carbonyl (C=O) groups is 1. The number of carbonyl (C=O) groups excluding carboxylic acids is 1. The van der Waals surface area contributed by atoms with Gasteiger partial charge in [-0.1, -0.05) is 6.92 Å². The Labute approximate surface area is 93.6 Å². The molecule has 4 heteroatoms. The summed E-state index contributed by atoms with van der Waals surface area (Å²) < 4.78 is 4.96. The maximum Gasteiger partial charge on any atom is 0.359 e. The molecule has 2 rings (SSSR count). The van der Waals surface area contributed by atoms with Crippen molar-refractivity contribution in [1.82, 2.24) is 9.97 Å². The largest absolute Gasteiger partial charge is 0.461 e. The van der Waals surface area contributed by atoms with Crippen molar-refractivity contribution in [3.8, 4) is 0 Å². The fourth-order valence-electron chi connectivity index (χ4n) is 1.76.